The van der Waals surface area contributed by atoms with Crippen LogP contribution >= 0.6 is 11.6 Å². The Morgan fingerprint density at radius 2 is 1.85 bits per heavy atom. The molecule has 1 amide bonds. The number of halogens is 1. The second-order valence-electron chi connectivity index (χ2n) is 6.48. The number of hydrogen-bond donors (Lipinski definition) is 1. The third kappa shape index (κ3) is 3.21. The zero-order valence-corrected chi connectivity index (χ0v) is 15.6. The third-order valence-electron chi connectivity index (χ3n) is 4.61. The van der Waals surface area contributed by atoms with Crippen molar-refractivity contribution in [3.8, 4) is 0 Å². The molecule has 0 spiro atoms. The Hall–Kier alpha value is -3.06. The summed E-state index contributed by atoms with van der Waals surface area (Å²) in [5.41, 5.74) is 3.24. The molecule has 2 heterocycles. The Bertz CT molecular complexity index is 1030. The molecule has 0 saturated carbocycles. The molecule has 1 aliphatic rings. The number of anilines is 1. The summed E-state index contributed by atoms with van der Waals surface area (Å²) in [4.78, 5) is 17.6. The number of nitrogens with one attached hydrogen (secondary N) is 1. The minimum absolute atomic E-state index is 0.189. The zero-order valence-electron chi connectivity index (χ0n) is 14.8. The number of nitrogens with zero attached hydrogens (tertiary/aromatic N) is 5. The Morgan fingerprint density at radius 1 is 1.11 bits per heavy atom. The van der Waals surface area contributed by atoms with E-state index in [1.54, 1.807) is 17.7 Å². The van der Waals surface area contributed by atoms with E-state index in [-0.39, 0.29) is 5.91 Å². The zero-order chi connectivity index (χ0) is 19.0. The van der Waals surface area contributed by atoms with Crippen LogP contribution in [-0.2, 0) is 4.79 Å². The van der Waals surface area contributed by atoms with Crippen LogP contribution in [0.1, 0.15) is 24.1 Å². The summed E-state index contributed by atoms with van der Waals surface area (Å²) < 4.78 is 1.55. The van der Waals surface area contributed by atoms with Crippen molar-refractivity contribution < 1.29 is 4.79 Å². The van der Waals surface area contributed by atoms with E-state index in [0.717, 1.165) is 16.8 Å². The predicted molar refractivity (Wildman–Crippen MR) is 103 cm³/mol. The van der Waals surface area contributed by atoms with Crippen LogP contribution in [0.3, 0.4) is 0 Å². The highest BCUT2D eigenvalue weighted by atomic mass is 35.5. The van der Waals surface area contributed by atoms with Crippen molar-refractivity contribution in [2.45, 2.75) is 19.9 Å². The summed E-state index contributed by atoms with van der Waals surface area (Å²) in [7, 11) is 0. The van der Waals surface area contributed by atoms with Crippen molar-refractivity contribution in [1.29, 1.82) is 0 Å². The number of aliphatic imine (C=N–C) groups is 1. The summed E-state index contributed by atoms with van der Waals surface area (Å²) in [6, 6.07) is 14.5. The number of aryl methyl sites for hydroxylation is 1. The lowest BCUT2D eigenvalue weighted by Gasteiger charge is -2.30. The van der Waals surface area contributed by atoms with Gasteiger partial charge in [0.25, 0.3) is 5.95 Å². The first kappa shape index (κ1) is 17.4. The molecule has 1 aromatic heterocycles. The lowest BCUT2D eigenvalue weighted by Crippen LogP contribution is -2.39. The van der Waals surface area contributed by atoms with E-state index in [2.05, 4.69) is 25.8 Å². The molecule has 7 nitrogen and oxygen atoms in total. The van der Waals surface area contributed by atoms with Crippen molar-refractivity contribution in [2.75, 3.05) is 5.32 Å². The van der Waals surface area contributed by atoms with E-state index in [1.807, 2.05) is 49.4 Å². The van der Waals surface area contributed by atoms with Crippen LogP contribution in [0.4, 0.5) is 11.6 Å². The van der Waals surface area contributed by atoms with Crippen molar-refractivity contribution >= 4 is 34.9 Å². The number of rotatable bonds is 3. The summed E-state index contributed by atoms with van der Waals surface area (Å²) in [5.74, 6) is -0.426. The average Bonchev–Trinajstić information content (AvgIpc) is 3.11. The van der Waals surface area contributed by atoms with Crippen LogP contribution < -0.4 is 5.32 Å². The molecule has 1 N–H and O–H groups in total. The highest BCUT2D eigenvalue weighted by Crippen LogP contribution is 2.38. The van der Waals surface area contributed by atoms with E-state index in [4.69, 9.17) is 11.6 Å². The Kier molecular flexibility index (Phi) is 4.45. The van der Waals surface area contributed by atoms with Gasteiger partial charge in [-0.05, 0) is 48.0 Å². The molecule has 2 aromatic carbocycles. The number of carbonyl (C=O) groups is 1. The SMILES string of the molecule is CC1=Nc2nnnn2C(c2ccccc2Cl)C1C(=O)Nc1ccc(C)cc1. The molecular formula is C19H17ClN6O. The number of tetrazole rings is 1. The van der Waals surface area contributed by atoms with Gasteiger partial charge in [-0.1, -0.05) is 52.6 Å². The van der Waals surface area contributed by atoms with Gasteiger partial charge in [0.05, 0.1) is 0 Å². The Morgan fingerprint density at radius 3 is 2.59 bits per heavy atom. The maximum atomic E-state index is 13.2. The number of aromatic nitrogens is 4. The predicted octanol–water partition coefficient (Wildman–Crippen LogP) is 3.59. The summed E-state index contributed by atoms with van der Waals surface area (Å²) in [6.45, 7) is 3.80. The first-order valence-electron chi connectivity index (χ1n) is 8.49. The van der Waals surface area contributed by atoms with Crippen LogP contribution in [0.5, 0.6) is 0 Å². The van der Waals surface area contributed by atoms with E-state index in [0.29, 0.717) is 16.7 Å². The molecule has 0 radical (unpaired) electrons. The topological polar surface area (TPSA) is 85.1 Å². The second-order valence-corrected chi connectivity index (χ2v) is 6.88. The summed E-state index contributed by atoms with van der Waals surface area (Å²) in [6.07, 6.45) is 0. The fourth-order valence-electron chi connectivity index (χ4n) is 3.26. The molecule has 8 heteroatoms. The first-order valence-corrected chi connectivity index (χ1v) is 8.87. The van der Waals surface area contributed by atoms with E-state index in [1.165, 1.54) is 0 Å². The molecule has 2 atom stereocenters. The largest absolute Gasteiger partial charge is 0.325 e. The van der Waals surface area contributed by atoms with Gasteiger partial charge >= 0.3 is 0 Å². The van der Waals surface area contributed by atoms with Gasteiger partial charge in [-0.3, -0.25) is 4.79 Å². The summed E-state index contributed by atoms with van der Waals surface area (Å²) >= 11 is 6.43. The highest BCUT2D eigenvalue weighted by Gasteiger charge is 2.40. The Labute approximate surface area is 161 Å². The van der Waals surface area contributed by atoms with Gasteiger partial charge in [0, 0.05) is 16.4 Å². The number of amides is 1. The molecule has 0 aliphatic carbocycles. The number of benzene rings is 2. The molecule has 136 valence electrons. The van der Waals surface area contributed by atoms with Crippen LogP contribution in [0.2, 0.25) is 5.02 Å². The highest BCUT2D eigenvalue weighted by molar-refractivity contribution is 6.31. The molecule has 0 saturated heterocycles. The number of carbonyl (C=O) groups excluding carboxylic acids is 1. The summed E-state index contributed by atoms with van der Waals surface area (Å²) in [5, 5.41) is 15.2. The molecule has 1 aliphatic heterocycles. The van der Waals surface area contributed by atoms with E-state index >= 15 is 0 Å². The van der Waals surface area contributed by atoms with Gasteiger partial charge in [-0.15, -0.1) is 0 Å². The second kappa shape index (κ2) is 6.92. The molecular weight excluding hydrogens is 364 g/mol. The maximum Gasteiger partial charge on any atom is 0.269 e. The van der Waals surface area contributed by atoms with Crippen LogP contribution in [0.15, 0.2) is 53.5 Å². The number of hydrogen-bond acceptors (Lipinski definition) is 5. The van der Waals surface area contributed by atoms with E-state index in [9.17, 15) is 4.79 Å². The van der Waals surface area contributed by atoms with Gasteiger partial charge in [0.2, 0.25) is 5.91 Å². The number of fused-ring (bicyclic) bond motifs is 1. The third-order valence-corrected chi connectivity index (χ3v) is 4.95. The van der Waals surface area contributed by atoms with Crippen molar-refractivity contribution in [3.05, 3.63) is 64.7 Å². The van der Waals surface area contributed by atoms with Gasteiger partial charge in [-0.2, -0.15) is 0 Å². The molecule has 0 fully saturated rings. The van der Waals surface area contributed by atoms with Crippen molar-refractivity contribution in [1.82, 2.24) is 20.2 Å². The fraction of sp³-hybridized carbons (Fsp3) is 0.211. The monoisotopic (exact) mass is 380 g/mol. The molecule has 2 unspecified atom stereocenters. The van der Waals surface area contributed by atoms with Crippen LogP contribution in [0.25, 0.3) is 0 Å². The van der Waals surface area contributed by atoms with Gasteiger partial charge < -0.3 is 5.32 Å². The quantitative estimate of drug-likeness (QED) is 0.752. The standard InChI is InChI=1S/C19H17ClN6O/c1-11-7-9-13(10-8-11)22-18(27)16-12(2)21-19-23-24-25-26(19)17(16)14-5-3-4-6-15(14)20/h3-10,16-17H,1-2H3,(H,22,27). The first-order chi connectivity index (χ1) is 13.0. The molecule has 0 bridgehead atoms. The average molecular weight is 381 g/mol. The van der Waals surface area contributed by atoms with Crippen LogP contribution in [0, 0.1) is 12.8 Å². The molecule has 4 rings (SSSR count). The van der Waals surface area contributed by atoms with Crippen molar-refractivity contribution in [3.63, 3.8) is 0 Å². The van der Waals surface area contributed by atoms with Crippen molar-refractivity contribution in [2.24, 2.45) is 10.9 Å². The van der Waals surface area contributed by atoms with Crippen LogP contribution in [-0.4, -0.2) is 31.8 Å². The molecule has 27 heavy (non-hydrogen) atoms. The minimum atomic E-state index is -0.595. The normalized spacial score (nSPS) is 18.6. The molecule has 3 aromatic rings. The van der Waals surface area contributed by atoms with Gasteiger partial charge in [0.15, 0.2) is 0 Å². The maximum absolute atomic E-state index is 13.2. The van der Waals surface area contributed by atoms with Gasteiger partial charge in [0.1, 0.15) is 12.0 Å². The lowest BCUT2D eigenvalue weighted by molar-refractivity contribution is -0.118. The Balaban J connectivity index is 1.75. The fourth-order valence-corrected chi connectivity index (χ4v) is 3.50. The van der Waals surface area contributed by atoms with E-state index < -0.39 is 12.0 Å². The lowest BCUT2D eigenvalue weighted by atomic mass is 9.87. The minimum Gasteiger partial charge on any atom is -0.325 e. The van der Waals surface area contributed by atoms with Gasteiger partial charge in [-0.25, -0.2) is 9.67 Å². The smallest absolute Gasteiger partial charge is 0.269 e.